The Balaban J connectivity index is 1.19. The molecule has 0 unspecified atom stereocenters. The molecule has 2 atom stereocenters. The normalized spacial score (nSPS) is 13.0. The molecule has 0 aliphatic rings. The van der Waals surface area contributed by atoms with Gasteiger partial charge in [-0.15, -0.1) is 20.4 Å². The molecule has 0 aliphatic carbocycles. The number of unbranched alkanes of at least 4 members (excludes halogenated alkanes) is 1. The molecule has 4 aromatic rings. The second-order valence-corrected chi connectivity index (χ2v) is 12.6. The first kappa shape index (κ1) is 31.4. The third-order valence-corrected chi connectivity index (χ3v) is 8.09. The van der Waals surface area contributed by atoms with E-state index in [0.717, 1.165) is 40.4 Å². The first-order chi connectivity index (χ1) is 20.1. The predicted molar refractivity (Wildman–Crippen MR) is 165 cm³/mol. The number of aryl methyl sites for hydroxylation is 2. The van der Waals surface area contributed by atoms with Crippen molar-refractivity contribution in [1.29, 1.82) is 0 Å². The highest BCUT2D eigenvalue weighted by atomic mass is 32.1. The zero-order chi connectivity index (χ0) is 30.0. The lowest BCUT2D eigenvalue weighted by Gasteiger charge is -2.25. The second kappa shape index (κ2) is 15.1. The molecule has 2 heterocycles. The third-order valence-electron chi connectivity index (χ3n) is 6.29. The smallest absolute Gasteiger partial charge is 0.255 e. The van der Waals surface area contributed by atoms with Crippen LogP contribution in [0.3, 0.4) is 0 Å². The largest absolute Gasteiger partial charge is 0.366 e. The zero-order valence-corrected chi connectivity index (χ0v) is 25.6. The van der Waals surface area contributed by atoms with Crippen LogP contribution in [-0.4, -0.2) is 49.2 Å². The first-order valence-electron chi connectivity index (χ1n) is 13.9. The highest BCUT2D eigenvalue weighted by Crippen LogP contribution is 2.23. The summed E-state index contributed by atoms with van der Waals surface area (Å²) in [6, 6.07) is 19.5. The molecule has 0 radical (unpaired) electrons. The van der Waals surface area contributed by atoms with Gasteiger partial charge in [0.25, 0.3) is 5.91 Å². The fourth-order valence-electron chi connectivity index (χ4n) is 4.26. The minimum atomic E-state index is -1.47. The Hall–Kier alpha value is -3.58. The Labute approximate surface area is 253 Å². The van der Waals surface area contributed by atoms with Crippen molar-refractivity contribution in [2.45, 2.75) is 77.1 Å². The first-order valence-corrected chi connectivity index (χ1v) is 15.5. The van der Waals surface area contributed by atoms with Crippen molar-refractivity contribution >= 4 is 44.8 Å². The molecule has 0 saturated heterocycles. The Bertz CT molecular complexity index is 1420. The maximum atomic E-state index is 13.0. The molecule has 222 valence electrons. The van der Waals surface area contributed by atoms with Gasteiger partial charge in [-0.3, -0.25) is 14.9 Å². The molecule has 4 rings (SSSR count). The van der Waals surface area contributed by atoms with Crippen LogP contribution in [0.25, 0.3) is 0 Å². The highest BCUT2D eigenvalue weighted by Gasteiger charge is 2.28. The lowest BCUT2D eigenvalue weighted by molar-refractivity contribution is -0.204. The molecule has 42 heavy (non-hydrogen) atoms. The van der Waals surface area contributed by atoms with E-state index in [2.05, 4.69) is 31.0 Å². The van der Waals surface area contributed by atoms with E-state index in [1.54, 1.807) is 0 Å². The van der Waals surface area contributed by atoms with Crippen LogP contribution in [0, 0.1) is 0 Å². The Kier molecular flexibility index (Phi) is 11.2. The molecular weight excluding hydrogens is 573 g/mol. The van der Waals surface area contributed by atoms with Crippen molar-refractivity contribution in [2.75, 3.05) is 10.6 Å². The van der Waals surface area contributed by atoms with Crippen molar-refractivity contribution in [3.63, 3.8) is 0 Å². The fraction of sp³-hybridized carbons (Fsp3) is 0.400. The summed E-state index contributed by atoms with van der Waals surface area (Å²) in [5, 5.41) is 35.0. The lowest BCUT2D eigenvalue weighted by Crippen LogP contribution is -2.39. The molecule has 12 heteroatoms. The molecule has 0 bridgehead atoms. The molecule has 10 nitrogen and oxygen atoms in total. The number of nitrogens with zero attached hydrogens (tertiary/aromatic N) is 4. The summed E-state index contributed by atoms with van der Waals surface area (Å²) in [7, 11) is 0. The van der Waals surface area contributed by atoms with E-state index < -0.39 is 17.8 Å². The van der Waals surface area contributed by atoms with Gasteiger partial charge < -0.3 is 15.2 Å². The van der Waals surface area contributed by atoms with Crippen LogP contribution in [0.1, 0.15) is 67.1 Å². The van der Waals surface area contributed by atoms with E-state index in [0.29, 0.717) is 29.5 Å². The van der Waals surface area contributed by atoms with E-state index in [9.17, 15) is 14.7 Å². The van der Waals surface area contributed by atoms with E-state index in [1.165, 1.54) is 36.5 Å². The van der Waals surface area contributed by atoms with Gasteiger partial charge in [0.05, 0.1) is 0 Å². The van der Waals surface area contributed by atoms with Crippen molar-refractivity contribution < 1.29 is 19.4 Å². The van der Waals surface area contributed by atoms with Crippen LogP contribution in [0.5, 0.6) is 0 Å². The summed E-state index contributed by atoms with van der Waals surface area (Å²) in [5.74, 6) is -1.82. The zero-order valence-electron chi connectivity index (χ0n) is 23.9. The molecule has 0 spiro atoms. The van der Waals surface area contributed by atoms with Crippen molar-refractivity contribution in [3.8, 4) is 0 Å². The van der Waals surface area contributed by atoms with Crippen molar-refractivity contribution in [3.05, 3.63) is 81.8 Å². The van der Waals surface area contributed by atoms with Crippen LogP contribution in [0.15, 0.2) is 60.7 Å². The topological polar surface area (TPSA) is 139 Å². The number of rotatable bonds is 15. The molecule has 2 aromatic carbocycles. The minimum absolute atomic E-state index is 0.0776. The second-order valence-electron chi connectivity index (χ2n) is 10.5. The quantitative estimate of drug-likeness (QED) is 0.121. The minimum Gasteiger partial charge on any atom is -0.366 e. The number of anilines is 2. The Morgan fingerprint density at radius 3 is 1.98 bits per heavy atom. The van der Waals surface area contributed by atoms with Gasteiger partial charge in [0.2, 0.25) is 16.2 Å². The Morgan fingerprint density at radius 2 is 1.40 bits per heavy atom. The van der Waals surface area contributed by atoms with Crippen molar-refractivity contribution in [2.24, 2.45) is 0 Å². The summed E-state index contributed by atoms with van der Waals surface area (Å²) < 4.78 is 5.63. The number of carbonyl (C=O) groups excluding carboxylic acids is 2. The average molecular weight is 609 g/mol. The number of hydrogen-bond acceptors (Lipinski definition) is 10. The maximum Gasteiger partial charge on any atom is 0.255 e. The average Bonchev–Trinajstić information content (AvgIpc) is 3.60. The summed E-state index contributed by atoms with van der Waals surface area (Å²) in [6.07, 6.45) is 2.97. The maximum absolute atomic E-state index is 13.0. The van der Waals surface area contributed by atoms with Crippen LogP contribution in [0.2, 0.25) is 0 Å². The fourth-order valence-corrected chi connectivity index (χ4v) is 5.84. The number of aliphatic hydroxyl groups is 1. The van der Waals surface area contributed by atoms with E-state index in [4.69, 9.17) is 4.74 Å². The molecular formula is C30H36N6O4S2. The lowest BCUT2D eigenvalue weighted by atomic mass is 9.98. The molecule has 0 saturated carbocycles. The monoisotopic (exact) mass is 608 g/mol. The predicted octanol–water partition coefficient (Wildman–Crippen LogP) is 5.38. The van der Waals surface area contributed by atoms with E-state index in [-0.39, 0.29) is 11.8 Å². The standard InChI is InChI=1S/C30H36N6O4S2/c1-20(22-14-8-5-9-15-22)18-24(37)31-28-35-33-25(41-28)16-10-11-17-26-34-36-29(42-26)32-27(38)23(40-30(2,3)39)19-21-12-6-4-7-13-21/h4-9,12-15,20,23,39H,10-11,16-19H2,1-3H3,(H,31,35,37)(H,32,36,38)/t20-,23-/m0/s1. The highest BCUT2D eigenvalue weighted by molar-refractivity contribution is 7.15. The number of ether oxygens (including phenoxy) is 1. The van der Waals surface area contributed by atoms with Crippen LogP contribution < -0.4 is 10.6 Å². The molecule has 0 aliphatic heterocycles. The number of hydrogen-bond donors (Lipinski definition) is 3. The van der Waals surface area contributed by atoms with Crippen molar-refractivity contribution in [1.82, 2.24) is 20.4 Å². The van der Waals surface area contributed by atoms with Crippen LogP contribution in [-0.2, 0) is 33.6 Å². The number of aromatic nitrogens is 4. The van der Waals surface area contributed by atoms with Crippen LogP contribution in [0.4, 0.5) is 10.3 Å². The van der Waals surface area contributed by atoms with Gasteiger partial charge in [-0.1, -0.05) is 90.3 Å². The van der Waals surface area contributed by atoms with E-state index in [1.807, 2.05) is 67.6 Å². The summed E-state index contributed by atoms with van der Waals surface area (Å²) >= 11 is 2.71. The van der Waals surface area contributed by atoms with Crippen LogP contribution >= 0.6 is 22.7 Å². The molecule has 2 amide bonds. The van der Waals surface area contributed by atoms with Gasteiger partial charge in [0, 0.05) is 25.7 Å². The number of carbonyl (C=O) groups is 2. The molecule has 3 N–H and O–H groups in total. The van der Waals surface area contributed by atoms with Gasteiger partial charge in [-0.25, -0.2) is 0 Å². The number of benzene rings is 2. The molecule has 0 fully saturated rings. The SMILES string of the molecule is C[C@@H](CC(=O)Nc1nnc(CCCCc2nnc(NC(=O)[C@H](Cc3ccccc3)OC(C)(C)O)s2)s1)c1ccccc1. The summed E-state index contributed by atoms with van der Waals surface area (Å²) in [4.78, 5) is 25.4. The summed E-state index contributed by atoms with van der Waals surface area (Å²) in [5.41, 5.74) is 2.05. The number of nitrogens with one attached hydrogen (secondary N) is 2. The third kappa shape index (κ3) is 10.4. The number of amides is 2. The van der Waals surface area contributed by atoms with Gasteiger partial charge in [0.1, 0.15) is 16.1 Å². The van der Waals surface area contributed by atoms with Gasteiger partial charge in [-0.2, -0.15) is 0 Å². The van der Waals surface area contributed by atoms with Gasteiger partial charge in [0.15, 0.2) is 5.79 Å². The Morgan fingerprint density at radius 1 is 0.857 bits per heavy atom. The van der Waals surface area contributed by atoms with E-state index >= 15 is 0 Å². The molecule has 2 aromatic heterocycles. The van der Waals surface area contributed by atoms with Gasteiger partial charge >= 0.3 is 0 Å². The van der Waals surface area contributed by atoms with Gasteiger partial charge in [-0.05, 0) is 43.7 Å². The summed E-state index contributed by atoms with van der Waals surface area (Å²) in [6.45, 7) is 5.02.